The van der Waals surface area contributed by atoms with Crippen molar-refractivity contribution < 1.29 is 9.59 Å². The van der Waals surface area contributed by atoms with Gasteiger partial charge in [-0.3, -0.25) is 14.0 Å². The van der Waals surface area contributed by atoms with Gasteiger partial charge in [0.25, 0.3) is 11.8 Å². The fourth-order valence-electron chi connectivity index (χ4n) is 2.95. The van der Waals surface area contributed by atoms with E-state index in [4.69, 9.17) is 0 Å². The Hall–Kier alpha value is -3.19. The number of hydrogen-bond acceptors (Lipinski definition) is 4. The summed E-state index contributed by atoms with van der Waals surface area (Å²) in [5.74, 6) is -0.439. The first-order valence-electron chi connectivity index (χ1n) is 9.24. The third-order valence-electron chi connectivity index (χ3n) is 4.31. The normalized spacial score (nSPS) is 11.0. The molecule has 2 N–H and O–H groups in total. The lowest BCUT2D eigenvalue weighted by Crippen LogP contribution is -2.28. The molecule has 3 aromatic rings. The molecule has 0 spiro atoms. The molecular formula is C21H25N5O2. The van der Waals surface area contributed by atoms with Gasteiger partial charge >= 0.3 is 0 Å². The summed E-state index contributed by atoms with van der Waals surface area (Å²) in [7, 11) is 3.98. The fraction of sp³-hybridized carbons (Fsp3) is 0.286. The van der Waals surface area contributed by atoms with Crippen molar-refractivity contribution in [3.8, 4) is 0 Å². The maximum Gasteiger partial charge on any atom is 0.287 e. The Morgan fingerprint density at radius 1 is 1.11 bits per heavy atom. The van der Waals surface area contributed by atoms with E-state index in [0.29, 0.717) is 17.7 Å². The average molecular weight is 379 g/mol. The van der Waals surface area contributed by atoms with Crippen LogP contribution in [0.4, 0.5) is 5.69 Å². The molecule has 0 fully saturated rings. The molecule has 0 unspecified atom stereocenters. The summed E-state index contributed by atoms with van der Waals surface area (Å²) in [5.41, 5.74) is 2.55. The predicted molar refractivity (Wildman–Crippen MR) is 110 cm³/mol. The molecule has 2 heterocycles. The molecule has 0 aliphatic rings. The minimum absolute atomic E-state index is 0.204. The summed E-state index contributed by atoms with van der Waals surface area (Å²) in [4.78, 5) is 31.8. The van der Waals surface area contributed by atoms with E-state index in [2.05, 4.69) is 20.5 Å². The van der Waals surface area contributed by atoms with Gasteiger partial charge in [0.2, 0.25) is 5.82 Å². The molecule has 0 aliphatic carbocycles. The van der Waals surface area contributed by atoms with Crippen molar-refractivity contribution in [3.63, 3.8) is 0 Å². The van der Waals surface area contributed by atoms with Crippen LogP contribution in [0.2, 0.25) is 0 Å². The number of pyridine rings is 1. The second-order valence-corrected chi connectivity index (χ2v) is 6.98. The van der Waals surface area contributed by atoms with Crippen LogP contribution in [0.15, 0.2) is 48.7 Å². The highest BCUT2D eigenvalue weighted by Gasteiger charge is 2.21. The summed E-state index contributed by atoms with van der Waals surface area (Å²) < 4.78 is 1.65. The fourth-order valence-corrected chi connectivity index (χ4v) is 2.95. The molecule has 1 aromatic carbocycles. The van der Waals surface area contributed by atoms with Gasteiger partial charge in [0, 0.05) is 18.4 Å². The highest BCUT2D eigenvalue weighted by molar-refractivity contribution is 6.08. The van der Waals surface area contributed by atoms with Crippen LogP contribution in [0.3, 0.4) is 0 Å². The van der Waals surface area contributed by atoms with Crippen LogP contribution in [0.5, 0.6) is 0 Å². The summed E-state index contributed by atoms with van der Waals surface area (Å²) in [5, 5.41) is 5.73. The zero-order valence-electron chi connectivity index (χ0n) is 16.4. The lowest BCUT2D eigenvalue weighted by Gasteiger charge is -2.09. The number of hydrogen-bond donors (Lipinski definition) is 2. The monoisotopic (exact) mass is 379 g/mol. The molecule has 7 heteroatoms. The topological polar surface area (TPSA) is 78.7 Å². The first-order valence-corrected chi connectivity index (χ1v) is 9.24. The molecule has 28 heavy (non-hydrogen) atoms. The first-order chi connectivity index (χ1) is 13.5. The molecule has 0 saturated carbocycles. The average Bonchev–Trinajstić information content (AvgIpc) is 3.05. The third-order valence-corrected chi connectivity index (χ3v) is 4.31. The van der Waals surface area contributed by atoms with E-state index < -0.39 is 0 Å². The Kier molecular flexibility index (Phi) is 6.06. The molecule has 0 atom stereocenters. The number of carbonyl (C=O) groups excluding carboxylic acids is 2. The van der Waals surface area contributed by atoms with Gasteiger partial charge in [0.05, 0.1) is 5.52 Å². The Morgan fingerprint density at radius 3 is 2.68 bits per heavy atom. The van der Waals surface area contributed by atoms with Crippen LogP contribution < -0.4 is 10.6 Å². The number of aromatic nitrogens is 2. The number of amides is 2. The van der Waals surface area contributed by atoms with Gasteiger partial charge in [-0.2, -0.15) is 0 Å². The molecule has 7 nitrogen and oxygen atoms in total. The predicted octanol–water partition coefficient (Wildman–Crippen LogP) is 2.58. The molecule has 2 aromatic heterocycles. The maximum atomic E-state index is 12.8. The van der Waals surface area contributed by atoms with Gasteiger partial charge in [-0.25, -0.2) is 4.98 Å². The van der Waals surface area contributed by atoms with Crippen molar-refractivity contribution in [3.05, 3.63) is 65.7 Å². The minimum atomic E-state index is -0.346. The number of aryl methyl sites for hydroxylation is 1. The quantitative estimate of drug-likeness (QED) is 0.619. The van der Waals surface area contributed by atoms with E-state index in [1.54, 1.807) is 22.7 Å². The largest absolute Gasteiger partial charge is 0.349 e. The Bertz CT molecular complexity index is 993. The highest BCUT2D eigenvalue weighted by Crippen LogP contribution is 2.16. The van der Waals surface area contributed by atoms with E-state index in [0.717, 1.165) is 18.5 Å². The standard InChI is InChI=1S/C21H25N5O2/c1-15-8-6-9-16(14-15)23-20(27)18-17-10-4-5-13-26(17)19(24-18)21(28)22-11-7-12-25(2)3/h4-6,8-10,13-14H,7,11-12H2,1-3H3,(H,22,28)(H,23,27). The lowest BCUT2D eigenvalue weighted by molar-refractivity contribution is 0.0941. The third kappa shape index (κ3) is 4.55. The van der Waals surface area contributed by atoms with Crippen LogP contribution in [0, 0.1) is 6.92 Å². The van der Waals surface area contributed by atoms with Crippen LogP contribution in [0.1, 0.15) is 33.1 Å². The first kappa shape index (κ1) is 19.6. The van der Waals surface area contributed by atoms with Crippen LogP contribution in [0.25, 0.3) is 5.52 Å². The van der Waals surface area contributed by atoms with Crippen molar-refractivity contribution in [1.29, 1.82) is 0 Å². The van der Waals surface area contributed by atoms with Crippen molar-refractivity contribution in [2.75, 3.05) is 32.5 Å². The molecule has 0 bridgehead atoms. The number of benzene rings is 1. The SMILES string of the molecule is Cc1cccc(NC(=O)c2nc(C(=O)NCCCN(C)C)n3ccccc23)c1. The summed E-state index contributed by atoms with van der Waals surface area (Å²) >= 11 is 0. The van der Waals surface area contributed by atoms with Crippen molar-refractivity contribution in [2.45, 2.75) is 13.3 Å². The van der Waals surface area contributed by atoms with Gasteiger partial charge in [-0.05, 0) is 63.8 Å². The molecule has 0 saturated heterocycles. The summed E-state index contributed by atoms with van der Waals surface area (Å²) in [6, 6.07) is 12.9. The maximum absolute atomic E-state index is 12.8. The molecular weight excluding hydrogens is 354 g/mol. The van der Waals surface area contributed by atoms with E-state index in [1.807, 2.05) is 51.4 Å². The zero-order valence-corrected chi connectivity index (χ0v) is 16.4. The van der Waals surface area contributed by atoms with Gasteiger partial charge in [-0.1, -0.05) is 18.2 Å². The number of fused-ring (bicyclic) bond motifs is 1. The number of imidazole rings is 1. The molecule has 146 valence electrons. The van der Waals surface area contributed by atoms with Crippen molar-refractivity contribution in [2.24, 2.45) is 0 Å². The number of nitrogens with one attached hydrogen (secondary N) is 2. The number of nitrogens with zero attached hydrogens (tertiary/aromatic N) is 3. The number of carbonyl (C=O) groups is 2. The van der Waals surface area contributed by atoms with Crippen molar-refractivity contribution in [1.82, 2.24) is 19.6 Å². The van der Waals surface area contributed by atoms with Crippen LogP contribution in [-0.2, 0) is 0 Å². The van der Waals surface area contributed by atoms with Crippen molar-refractivity contribution >= 4 is 23.0 Å². The number of rotatable bonds is 7. The lowest BCUT2D eigenvalue weighted by atomic mass is 10.2. The van der Waals surface area contributed by atoms with E-state index >= 15 is 0 Å². The summed E-state index contributed by atoms with van der Waals surface area (Å²) in [6.07, 6.45) is 2.57. The minimum Gasteiger partial charge on any atom is -0.349 e. The number of anilines is 1. The van der Waals surface area contributed by atoms with Crippen LogP contribution in [-0.4, -0.2) is 53.3 Å². The zero-order chi connectivity index (χ0) is 20.1. The second kappa shape index (κ2) is 8.67. The van der Waals surface area contributed by atoms with Gasteiger partial charge in [0.15, 0.2) is 5.69 Å². The Morgan fingerprint density at radius 2 is 1.93 bits per heavy atom. The van der Waals surface area contributed by atoms with E-state index in [9.17, 15) is 9.59 Å². The Labute approximate surface area is 164 Å². The van der Waals surface area contributed by atoms with E-state index in [-0.39, 0.29) is 23.3 Å². The molecule has 2 amide bonds. The Balaban J connectivity index is 1.82. The smallest absolute Gasteiger partial charge is 0.287 e. The molecule has 3 rings (SSSR count). The molecule has 0 aliphatic heterocycles. The van der Waals surface area contributed by atoms with Gasteiger partial charge in [-0.15, -0.1) is 0 Å². The molecule has 0 radical (unpaired) electrons. The van der Waals surface area contributed by atoms with Gasteiger partial charge in [0.1, 0.15) is 0 Å². The van der Waals surface area contributed by atoms with Gasteiger partial charge < -0.3 is 15.5 Å². The second-order valence-electron chi connectivity index (χ2n) is 6.98. The summed E-state index contributed by atoms with van der Waals surface area (Å²) in [6.45, 7) is 3.39. The highest BCUT2D eigenvalue weighted by atomic mass is 16.2. The van der Waals surface area contributed by atoms with Crippen LogP contribution >= 0.6 is 0 Å². The van der Waals surface area contributed by atoms with E-state index in [1.165, 1.54) is 0 Å².